The van der Waals surface area contributed by atoms with E-state index in [1.165, 1.54) is 17.7 Å². The van der Waals surface area contributed by atoms with Gasteiger partial charge >= 0.3 is 0 Å². The third-order valence-corrected chi connectivity index (χ3v) is 5.05. The molecule has 7 heteroatoms. The molecule has 1 aliphatic rings. The molecule has 3 heterocycles. The highest BCUT2D eigenvalue weighted by Gasteiger charge is 2.16. The fraction of sp³-hybridized carbons (Fsp3) is 0.588. The van der Waals surface area contributed by atoms with Crippen molar-refractivity contribution in [1.82, 2.24) is 24.8 Å². The van der Waals surface area contributed by atoms with Gasteiger partial charge < -0.3 is 4.90 Å². The molecular weight excluding hydrogens is 320 g/mol. The second kappa shape index (κ2) is 8.00. The minimum absolute atomic E-state index is 0.763. The lowest BCUT2D eigenvalue weighted by Crippen LogP contribution is -2.30. The van der Waals surface area contributed by atoms with Crippen LogP contribution in [-0.2, 0) is 13.1 Å². The standard InChI is InChI=1S/C17H26N6S/c1-14-20-16(13-24-14)12-23-6-4-5-22(7-8-23)11-15-9-18-17(19-10-15)21(2)3/h9-10,13H,4-8,11-12H2,1-3H3. The summed E-state index contributed by atoms with van der Waals surface area (Å²) in [4.78, 5) is 20.3. The Labute approximate surface area is 148 Å². The Morgan fingerprint density at radius 1 is 1.04 bits per heavy atom. The van der Waals surface area contributed by atoms with Crippen molar-refractivity contribution >= 4 is 17.3 Å². The number of thiazole rings is 1. The second-order valence-electron chi connectivity index (χ2n) is 6.55. The minimum atomic E-state index is 0.763. The lowest BCUT2D eigenvalue weighted by molar-refractivity contribution is 0.245. The highest BCUT2D eigenvalue weighted by molar-refractivity contribution is 7.09. The molecule has 2 aromatic heterocycles. The van der Waals surface area contributed by atoms with Gasteiger partial charge in [-0.3, -0.25) is 9.80 Å². The molecule has 24 heavy (non-hydrogen) atoms. The van der Waals surface area contributed by atoms with E-state index in [1.807, 2.05) is 31.4 Å². The molecule has 1 saturated heterocycles. The fourth-order valence-electron chi connectivity index (χ4n) is 2.97. The van der Waals surface area contributed by atoms with Gasteiger partial charge in [0.05, 0.1) is 10.7 Å². The lowest BCUT2D eigenvalue weighted by atomic mass is 10.3. The first-order chi connectivity index (χ1) is 11.6. The molecule has 1 aliphatic heterocycles. The number of rotatable bonds is 5. The molecule has 2 aromatic rings. The monoisotopic (exact) mass is 346 g/mol. The lowest BCUT2D eigenvalue weighted by Gasteiger charge is -2.21. The Balaban J connectivity index is 1.51. The van der Waals surface area contributed by atoms with Crippen molar-refractivity contribution in [3.05, 3.63) is 34.0 Å². The number of aryl methyl sites for hydroxylation is 1. The van der Waals surface area contributed by atoms with E-state index < -0.39 is 0 Å². The van der Waals surface area contributed by atoms with Crippen LogP contribution in [0.5, 0.6) is 0 Å². The van der Waals surface area contributed by atoms with E-state index in [4.69, 9.17) is 0 Å². The normalized spacial score (nSPS) is 17.0. The maximum Gasteiger partial charge on any atom is 0.224 e. The number of anilines is 1. The van der Waals surface area contributed by atoms with Gasteiger partial charge in [0.15, 0.2) is 0 Å². The van der Waals surface area contributed by atoms with Gasteiger partial charge in [0.2, 0.25) is 5.95 Å². The van der Waals surface area contributed by atoms with Crippen LogP contribution in [0.25, 0.3) is 0 Å². The molecule has 6 nitrogen and oxygen atoms in total. The van der Waals surface area contributed by atoms with E-state index in [1.54, 1.807) is 11.3 Å². The van der Waals surface area contributed by atoms with E-state index in [9.17, 15) is 0 Å². The summed E-state index contributed by atoms with van der Waals surface area (Å²) in [6, 6.07) is 0. The van der Waals surface area contributed by atoms with Crippen molar-refractivity contribution in [2.45, 2.75) is 26.4 Å². The molecule has 3 rings (SSSR count). The van der Waals surface area contributed by atoms with Gasteiger partial charge in [-0.2, -0.15) is 0 Å². The predicted octanol–water partition coefficient (Wildman–Crippen LogP) is 2.02. The van der Waals surface area contributed by atoms with Crippen molar-refractivity contribution in [1.29, 1.82) is 0 Å². The van der Waals surface area contributed by atoms with Crippen molar-refractivity contribution in [2.24, 2.45) is 0 Å². The molecule has 0 saturated carbocycles. The molecule has 0 radical (unpaired) electrons. The van der Waals surface area contributed by atoms with Crippen molar-refractivity contribution in [3.63, 3.8) is 0 Å². The first-order valence-electron chi connectivity index (χ1n) is 8.44. The topological polar surface area (TPSA) is 48.4 Å². The van der Waals surface area contributed by atoms with Gasteiger partial charge in [0, 0.05) is 63.6 Å². The summed E-state index contributed by atoms with van der Waals surface area (Å²) >= 11 is 1.74. The quantitative estimate of drug-likeness (QED) is 0.825. The summed E-state index contributed by atoms with van der Waals surface area (Å²) in [6.07, 6.45) is 5.09. The molecule has 0 aromatic carbocycles. The first kappa shape index (κ1) is 17.3. The summed E-state index contributed by atoms with van der Waals surface area (Å²) in [5, 5.41) is 3.34. The van der Waals surface area contributed by atoms with Gasteiger partial charge in [0.25, 0.3) is 0 Å². The maximum atomic E-state index is 4.59. The maximum absolute atomic E-state index is 4.59. The first-order valence-corrected chi connectivity index (χ1v) is 9.32. The largest absolute Gasteiger partial charge is 0.347 e. The van der Waals surface area contributed by atoms with Crippen LogP contribution in [0.4, 0.5) is 5.95 Å². The van der Waals surface area contributed by atoms with Crippen LogP contribution in [0.1, 0.15) is 22.7 Å². The molecule has 0 atom stereocenters. The molecule has 130 valence electrons. The zero-order valence-corrected chi connectivity index (χ0v) is 15.6. The highest BCUT2D eigenvalue weighted by atomic mass is 32.1. The molecule has 0 unspecified atom stereocenters. The van der Waals surface area contributed by atoms with Crippen LogP contribution >= 0.6 is 11.3 Å². The average Bonchev–Trinajstić information content (AvgIpc) is 2.84. The van der Waals surface area contributed by atoms with E-state index in [0.717, 1.165) is 50.2 Å². The third kappa shape index (κ3) is 4.72. The summed E-state index contributed by atoms with van der Waals surface area (Å²) in [6.45, 7) is 8.41. The van der Waals surface area contributed by atoms with Crippen molar-refractivity contribution in [3.8, 4) is 0 Å². The molecule has 0 amide bonds. The number of nitrogens with zero attached hydrogens (tertiary/aromatic N) is 6. The van der Waals surface area contributed by atoms with Gasteiger partial charge in [-0.05, 0) is 26.4 Å². The van der Waals surface area contributed by atoms with Crippen LogP contribution in [-0.4, -0.2) is 65.0 Å². The third-order valence-electron chi connectivity index (χ3n) is 4.23. The second-order valence-corrected chi connectivity index (χ2v) is 7.61. The van der Waals surface area contributed by atoms with Gasteiger partial charge in [-0.15, -0.1) is 11.3 Å². The zero-order chi connectivity index (χ0) is 16.9. The Kier molecular flexibility index (Phi) is 5.76. The Morgan fingerprint density at radius 2 is 1.71 bits per heavy atom. The van der Waals surface area contributed by atoms with Crippen molar-refractivity contribution in [2.75, 3.05) is 45.2 Å². The summed E-state index contributed by atoms with van der Waals surface area (Å²) < 4.78 is 0. The Hall–Kier alpha value is -1.57. The number of aromatic nitrogens is 3. The van der Waals surface area contributed by atoms with E-state index in [-0.39, 0.29) is 0 Å². The number of hydrogen-bond acceptors (Lipinski definition) is 7. The molecule has 0 aliphatic carbocycles. The Morgan fingerprint density at radius 3 is 2.29 bits per heavy atom. The van der Waals surface area contributed by atoms with Crippen LogP contribution in [0.2, 0.25) is 0 Å². The molecular formula is C17H26N6S. The van der Waals surface area contributed by atoms with Gasteiger partial charge in [-0.25, -0.2) is 15.0 Å². The van der Waals surface area contributed by atoms with Gasteiger partial charge in [-0.1, -0.05) is 0 Å². The van der Waals surface area contributed by atoms with Crippen LogP contribution < -0.4 is 4.90 Å². The van der Waals surface area contributed by atoms with E-state index in [2.05, 4.69) is 37.1 Å². The average molecular weight is 347 g/mol. The number of hydrogen-bond donors (Lipinski definition) is 0. The molecule has 0 N–H and O–H groups in total. The smallest absolute Gasteiger partial charge is 0.224 e. The van der Waals surface area contributed by atoms with Crippen LogP contribution in [0.3, 0.4) is 0 Å². The summed E-state index contributed by atoms with van der Waals surface area (Å²) in [5.41, 5.74) is 2.39. The molecule has 1 fully saturated rings. The predicted molar refractivity (Wildman–Crippen MR) is 98.4 cm³/mol. The fourth-order valence-corrected chi connectivity index (χ4v) is 3.57. The molecule has 0 bridgehead atoms. The SMILES string of the molecule is Cc1nc(CN2CCCN(Cc3cnc(N(C)C)nc3)CC2)cs1. The summed E-state index contributed by atoms with van der Waals surface area (Å²) in [5.74, 6) is 0.763. The minimum Gasteiger partial charge on any atom is -0.347 e. The highest BCUT2D eigenvalue weighted by Crippen LogP contribution is 2.14. The van der Waals surface area contributed by atoms with E-state index in [0.29, 0.717) is 0 Å². The Bertz CT molecular complexity index is 639. The van der Waals surface area contributed by atoms with E-state index >= 15 is 0 Å². The molecule has 0 spiro atoms. The van der Waals surface area contributed by atoms with Crippen LogP contribution in [0, 0.1) is 6.92 Å². The summed E-state index contributed by atoms with van der Waals surface area (Å²) in [7, 11) is 3.92. The van der Waals surface area contributed by atoms with Crippen LogP contribution in [0.15, 0.2) is 17.8 Å². The zero-order valence-electron chi connectivity index (χ0n) is 14.8. The van der Waals surface area contributed by atoms with Crippen molar-refractivity contribution < 1.29 is 0 Å². The van der Waals surface area contributed by atoms with Gasteiger partial charge in [0.1, 0.15) is 0 Å².